The maximum Gasteiger partial charge on any atom is 0.158 e. The Morgan fingerprint density at radius 1 is 1.38 bits per heavy atom. The zero-order chi connectivity index (χ0) is 5.98. The number of hydrogen-bond donors (Lipinski definition) is 1. The lowest BCUT2D eigenvalue weighted by Crippen LogP contribution is -2.22. The molecule has 1 aliphatic rings. The molecule has 0 amide bonds. The van der Waals surface area contributed by atoms with Crippen molar-refractivity contribution >= 4 is 0 Å². The van der Waals surface area contributed by atoms with Gasteiger partial charge in [-0.25, -0.2) is 0 Å². The molecule has 0 aliphatic carbocycles. The Hall–Kier alpha value is -0.0800. The highest BCUT2D eigenvalue weighted by molar-refractivity contribution is 4.75. The minimum atomic E-state index is 0.475. The Balaban J connectivity index is 2.24. The van der Waals surface area contributed by atoms with Crippen LogP contribution in [0.4, 0.5) is 0 Å². The van der Waals surface area contributed by atoms with Crippen LogP contribution in [0.3, 0.4) is 0 Å². The molecule has 0 saturated carbocycles. The third-order valence-corrected chi connectivity index (χ3v) is 1.56. The molecule has 1 aliphatic heterocycles. The highest BCUT2D eigenvalue weighted by Crippen LogP contribution is 2.12. The molecule has 1 radical (unpaired) electrons. The predicted octanol–water partition coefficient (Wildman–Crippen LogP) is 0.964. The molecule has 1 saturated heterocycles. The van der Waals surface area contributed by atoms with Crippen LogP contribution in [-0.4, -0.2) is 23.1 Å². The summed E-state index contributed by atoms with van der Waals surface area (Å²) in [5.74, 6) is 0. The Bertz CT molecular complexity index is 66.9. The number of likely N-dealkylation sites (tertiary alicyclic amines) is 1. The van der Waals surface area contributed by atoms with Crippen LogP contribution < -0.4 is 0 Å². The van der Waals surface area contributed by atoms with Crippen molar-refractivity contribution in [1.82, 2.24) is 4.90 Å². The second-order valence-electron chi connectivity index (χ2n) is 2.24. The molecule has 0 spiro atoms. The molecule has 0 aromatic carbocycles. The van der Waals surface area contributed by atoms with Crippen molar-refractivity contribution in [2.45, 2.75) is 19.8 Å². The summed E-state index contributed by atoms with van der Waals surface area (Å²) in [6.07, 6.45) is 2.94. The Kier molecular flexibility index (Phi) is 1.86. The minimum Gasteiger partial charge on any atom is -0.371 e. The maximum absolute atomic E-state index is 8.89. The van der Waals surface area contributed by atoms with Crippen molar-refractivity contribution in [1.29, 1.82) is 0 Å². The highest BCUT2D eigenvalue weighted by Gasteiger charge is 2.15. The third-order valence-electron chi connectivity index (χ3n) is 1.56. The highest BCUT2D eigenvalue weighted by atomic mass is 16.3. The van der Waals surface area contributed by atoms with E-state index < -0.39 is 0 Å². The number of nitrogens with zero attached hydrogens (tertiary/aromatic N) is 1. The Morgan fingerprint density at radius 2 is 1.88 bits per heavy atom. The zero-order valence-electron chi connectivity index (χ0n) is 5.22. The molecular weight excluding hydrogens is 102 g/mol. The maximum atomic E-state index is 8.89. The molecule has 0 atom stereocenters. The average molecular weight is 114 g/mol. The molecule has 0 bridgehead atoms. The quantitative estimate of drug-likeness (QED) is 0.549. The Morgan fingerprint density at radius 3 is 2.12 bits per heavy atom. The van der Waals surface area contributed by atoms with Crippen LogP contribution >= 0.6 is 0 Å². The van der Waals surface area contributed by atoms with Crippen molar-refractivity contribution in [3.05, 3.63) is 6.23 Å². The first-order valence-electron chi connectivity index (χ1n) is 3.08. The fraction of sp³-hybridized carbons (Fsp3) is 0.833. The van der Waals surface area contributed by atoms with E-state index in [4.69, 9.17) is 5.11 Å². The summed E-state index contributed by atoms with van der Waals surface area (Å²) in [6.45, 7) is 3.83. The van der Waals surface area contributed by atoms with E-state index >= 15 is 0 Å². The largest absolute Gasteiger partial charge is 0.371 e. The lowest BCUT2D eigenvalue weighted by Gasteiger charge is -2.15. The van der Waals surface area contributed by atoms with Gasteiger partial charge in [0, 0.05) is 13.1 Å². The van der Waals surface area contributed by atoms with Crippen molar-refractivity contribution in [3.8, 4) is 0 Å². The van der Waals surface area contributed by atoms with Gasteiger partial charge in [-0.15, -0.1) is 0 Å². The van der Waals surface area contributed by atoms with Gasteiger partial charge in [0.25, 0.3) is 0 Å². The molecular formula is C6H12NO. The molecule has 47 valence electrons. The summed E-state index contributed by atoms with van der Waals surface area (Å²) in [4.78, 5) is 2.00. The van der Waals surface area contributed by atoms with E-state index in [0.717, 1.165) is 13.1 Å². The van der Waals surface area contributed by atoms with Crippen LogP contribution in [-0.2, 0) is 0 Å². The summed E-state index contributed by atoms with van der Waals surface area (Å²) in [6, 6.07) is 0. The normalized spacial score (nSPS) is 22.9. The Labute approximate surface area is 50.1 Å². The second kappa shape index (κ2) is 2.46. The fourth-order valence-electron chi connectivity index (χ4n) is 1.04. The molecule has 2 nitrogen and oxygen atoms in total. The van der Waals surface area contributed by atoms with Crippen LogP contribution in [0.2, 0.25) is 0 Å². The minimum absolute atomic E-state index is 0.475. The van der Waals surface area contributed by atoms with Crippen molar-refractivity contribution in [2.75, 3.05) is 13.1 Å². The van der Waals surface area contributed by atoms with Crippen molar-refractivity contribution < 1.29 is 5.11 Å². The number of hydrogen-bond acceptors (Lipinski definition) is 2. The van der Waals surface area contributed by atoms with Gasteiger partial charge in [0.1, 0.15) is 0 Å². The smallest absolute Gasteiger partial charge is 0.158 e. The third kappa shape index (κ3) is 1.20. The predicted molar refractivity (Wildman–Crippen MR) is 31.7 cm³/mol. The first-order chi connectivity index (χ1) is 3.80. The van der Waals surface area contributed by atoms with Crippen molar-refractivity contribution in [3.63, 3.8) is 0 Å². The standard InChI is InChI=1S/C6H12NO/c1-6(8)7-4-2-3-5-7/h8H,2-5H2,1H3. The molecule has 1 N–H and O–H groups in total. The van der Waals surface area contributed by atoms with Crippen LogP contribution in [0.1, 0.15) is 19.8 Å². The lowest BCUT2D eigenvalue weighted by molar-refractivity contribution is 0.145. The SMILES string of the molecule is C[C](O)N1CCCC1. The van der Waals surface area contributed by atoms with Crippen molar-refractivity contribution in [2.24, 2.45) is 0 Å². The van der Waals surface area contributed by atoms with Gasteiger partial charge in [0.2, 0.25) is 0 Å². The molecule has 1 heterocycles. The second-order valence-corrected chi connectivity index (χ2v) is 2.24. The van der Waals surface area contributed by atoms with Gasteiger partial charge in [-0.2, -0.15) is 0 Å². The summed E-state index contributed by atoms with van der Waals surface area (Å²) in [7, 11) is 0. The van der Waals surface area contributed by atoms with Gasteiger partial charge < -0.3 is 5.11 Å². The fourth-order valence-corrected chi connectivity index (χ4v) is 1.04. The number of rotatable bonds is 1. The first-order valence-corrected chi connectivity index (χ1v) is 3.08. The van der Waals surface area contributed by atoms with E-state index in [2.05, 4.69) is 0 Å². The van der Waals surface area contributed by atoms with E-state index in [1.54, 1.807) is 6.92 Å². The van der Waals surface area contributed by atoms with E-state index in [9.17, 15) is 0 Å². The molecule has 0 unspecified atom stereocenters. The number of aliphatic hydroxyl groups excluding tert-OH is 1. The van der Waals surface area contributed by atoms with Gasteiger partial charge in [-0.05, 0) is 19.8 Å². The van der Waals surface area contributed by atoms with Crippen LogP contribution in [0, 0.1) is 6.23 Å². The molecule has 2 heteroatoms. The van der Waals surface area contributed by atoms with Crippen LogP contribution in [0.5, 0.6) is 0 Å². The lowest BCUT2D eigenvalue weighted by atomic mass is 10.4. The van der Waals surface area contributed by atoms with Crippen LogP contribution in [0.15, 0.2) is 0 Å². The zero-order valence-corrected chi connectivity index (χ0v) is 5.22. The van der Waals surface area contributed by atoms with E-state index in [0.29, 0.717) is 6.23 Å². The topological polar surface area (TPSA) is 23.5 Å². The molecule has 1 fully saturated rings. The van der Waals surface area contributed by atoms with E-state index in [-0.39, 0.29) is 0 Å². The van der Waals surface area contributed by atoms with Gasteiger partial charge in [0.05, 0.1) is 0 Å². The van der Waals surface area contributed by atoms with Gasteiger partial charge in [-0.3, -0.25) is 4.90 Å². The summed E-state index contributed by atoms with van der Waals surface area (Å²) in [5.41, 5.74) is 0. The first kappa shape index (κ1) is 6.05. The number of aliphatic hydroxyl groups is 1. The van der Waals surface area contributed by atoms with E-state index in [1.165, 1.54) is 12.8 Å². The monoisotopic (exact) mass is 114 g/mol. The van der Waals surface area contributed by atoms with Gasteiger partial charge in [-0.1, -0.05) is 0 Å². The van der Waals surface area contributed by atoms with Crippen LogP contribution in [0.25, 0.3) is 0 Å². The molecule has 1 rings (SSSR count). The summed E-state index contributed by atoms with van der Waals surface area (Å²) < 4.78 is 0. The average Bonchev–Trinajstić information content (AvgIpc) is 2.12. The summed E-state index contributed by atoms with van der Waals surface area (Å²) >= 11 is 0. The van der Waals surface area contributed by atoms with Gasteiger partial charge >= 0.3 is 0 Å². The molecule has 0 aromatic heterocycles. The van der Waals surface area contributed by atoms with Gasteiger partial charge in [0.15, 0.2) is 6.23 Å². The molecule has 8 heavy (non-hydrogen) atoms. The summed E-state index contributed by atoms with van der Waals surface area (Å²) in [5, 5.41) is 8.89. The molecule has 0 aromatic rings. The van der Waals surface area contributed by atoms with E-state index in [1.807, 2.05) is 4.90 Å².